The monoisotopic (exact) mass is 308 g/mol. The Morgan fingerprint density at radius 1 is 1.30 bits per heavy atom. The molecule has 0 bridgehead atoms. The SMILES string of the molecule is Cc1cccc2[nH]c([C@H]3CCCN(C(=O)c4ccc[nH]4)C3)nc12. The van der Waals surface area contributed by atoms with Crippen LogP contribution in [0.5, 0.6) is 0 Å². The lowest BCUT2D eigenvalue weighted by Crippen LogP contribution is -2.39. The second-order valence-electron chi connectivity index (χ2n) is 6.27. The van der Waals surface area contributed by atoms with Crippen molar-refractivity contribution in [2.45, 2.75) is 25.7 Å². The second kappa shape index (κ2) is 5.57. The number of benzene rings is 1. The van der Waals surface area contributed by atoms with E-state index in [9.17, 15) is 4.79 Å². The summed E-state index contributed by atoms with van der Waals surface area (Å²) in [5.74, 6) is 1.35. The molecule has 1 atom stereocenters. The van der Waals surface area contributed by atoms with Gasteiger partial charge >= 0.3 is 0 Å². The van der Waals surface area contributed by atoms with Crippen LogP contribution in [0.25, 0.3) is 11.0 Å². The van der Waals surface area contributed by atoms with Gasteiger partial charge in [0.05, 0.1) is 11.0 Å². The van der Waals surface area contributed by atoms with Crippen LogP contribution < -0.4 is 0 Å². The molecule has 0 saturated carbocycles. The highest BCUT2D eigenvalue weighted by atomic mass is 16.2. The number of hydrogen-bond acceptors (Lipinski definition) is 2. The molecule has 0 aliphatic carbocycles. The van der Waals surface area contributed by atoms with E-state index in [2.05, 4.69) is 29.0 Å². The fourth-order valence-electron chi connectivity index (χ4n) is 3.41. The summed E-state index contributed by atoms with van der Waals surface area (Å²) in [5, 5.41) is 0. The molecule has 5 nitrogen and oxygen atoms in total. The first-order valence-corrected chi connectivity index (χ1v) is 8.10. The minimum Gasteiger partial charge on any atom is -0.357 e. The van der Waals surface area contributed by atoms with E-state index in [4.69, 9.17) is 4.98 Å². The van der Waals surface area contributed by atoms with Gasteiger partial charge in [0.25, 0.3) is 5.91 Å². The van der Waals surface area contributed by atoms with E-state index in [1.54, 1.807) is 6.20 Å². The van der Waals surface area contributed by atoms with E-state index < -0.39 is 0 Å². The molecule has 1 aromatic carbocycles. The second-order valence-corrected chi connectivity index (χ2v) is 6.27. The number of fused-ring (bicyclic) bond motifs is 1. The molecule has 0 unspecified atom stereocenters. The first-order valence-electron chi connectivity index (χ1n) is 8.10. The number of rotatable bonds is 2. The van der Waals surface area contributed by atoms with Crippen molar-refractivity contribution >= 4 is 16.9 Å². The highest BCUT2D eigenvalue weighted by Gasteiger charge is 2.27. The number of hydrogen-bond donors (Lipinski definition) is 2. The molecule has 23 heavy (non-hydrogen) atoms. The quantitative estimate of drug-likeness (QED) is 0.763. The van der Waals surface area contributed by atoms with Crippen LogP contribution in [0.1, 0.15) is 40.6 Å². The summed E-state index contributed by atoms with van der Waals surface area (Å²) in [4.78, 5) is 25.7. The Morgan fingerprint density at radius 2 is 2.22 bits per heavy atom. The molecule has 118 valence electrons. The van der Waals surface area contributed by atoms with Gasteiger partial charge in [-0.15, -0.1) is 0 Å². The molecule has 2 aromatic heterocycles. The molecular formula is C18H20N4O. The molecule has 0 radical (unpaired) electrons. The summed E-state index contributed by atoms with van der Waals surface area (Å²) >= 11 is 0. The van der Waals surface area contributed by atoms with Gasteiger partial charge in [0, 0.05) is 25.2 Å². The number of aromatic amines is 2. The van der Waals surface area contributed by atoms with Gasteiger partial charge < -0.3 is 14.9 Å². The van der Waals surface area contributed by atoms with Crippen molar-refractivity contribution in [1.29, 1.82) is 0 Å². The maximum absolute atomic E-state index is 12.5. The summed E-state index contributed by atoms with van der Waals surface area (Å²) in [6.45, 7) is 3.61. The number of nitrogens with zero attached hydrogens (tertiary/aromatic N) is 2. The van der Waals surface area contributed by atoms with E-state index in [0.717, 1.165) is 42.8 Å². The molecule has 1 saturated heterocycles. The number of carbonyl (C=O) groups excluding carboxylic acids is 1. The van der Waals surface area contributed by atoms with Crippen LogP contribution in [0.2, 0.25) is 0 Å². The molecule has 4 rings (SSSR count). The zero-order valence-electron chi connectivity index (χ0n) is 13.2. The lowest BCUT2D eigenvalue weighted by Gasteiger charge is -2.31. The van der Waals surface area contributed by atoms with Crippen LogP contribution >= 0.6 is 0 Å². The smallest absolute Gasteiger partial charge is 0.270 e. The summed E-state index contributed by atoms with van der Waals surface area (Å²) in [6.07, 6.45) is 3.86. The van der Waals surface area contributed by atoms with Crippen LogP contribution in [-0.2, 0) is 0 Å². The first kappa shape index (κ1) is 14.1. The number of aromatic nitrogens is 3. The maximum atomic E-state index is 12.5. The minimum atomic E-state index is 0.0759. The average molecular weight is 308 g/mol. The van der Waals surface area contributed by atoms with E-state index in [1.165, 1.54) is 5.56 Å². The fourth-order valence-corrected chi connectivity index (χ4v) is 3.41. The van der Waals surface area contributed by atoms with Gasteiger partial charge in [-0.1, -0.05) is 12.1 Å². The highest BCUT2D eigenvalue weighted by molar-refractivity contribution is 5.92. The Balaban J connectivity index is 1.59. The van der Waals surface area contributed by atoms with Crippen LogP contribution in [0.15, 0.2) is 36.5 Å². The highest BCUT2D eigenvalue weighted by Crippen LogP contribution is 2.28. The summed E-state index contributed by atoms with van der Waals surface area (Å²) < 4.78 is 0. The van der Waals surface area contributed by atoms with Crippen molar-refractivity contribution in [2.24, 2.45) is 0 Å². The van der Waals surface area contributed by atoms with Crippen molar-refractivity contribution < 1.29 is 4.79 Å². The van der Waals surface area contributed by atoms with Gasteiger partial charge in [0.15, 0.2) is 0 Å². The Bertz CT molecular complexity index is 834. The van der Waals surface area contributed by atoms with Crippen LogP contribution in [0, 0.1) is 6.92 Å². The summed E-state index contributed by atoms with van der Waals surface area (Å²) in [7, 11) is 0. The van der Waals surface area contributed by atoms with E-state index in [1.807, 2.05) is 23.1 Å². The number of H-pyrrole nitrogens is 2. The third-order valence-corrected chi connectivity index (χ3v) is 4.66. The fraction of sp³-hybridized carbons (Fsp3) is 0.333. The Hall–Kier alpha value is -2.56. The molecule has 0 spiro atoms. The van der Waals surface area contributed by atoms with Gasteiger partial charge in [-0.05, 0) is 43.5 Å². The molecule has 2 N–H and O–H groups in total. The number of piperidine rings is 1. The minimum absolute atomic E-state index is 0.0759. The summed E-state index contributed by atoms with van der Waals surface area (Å²) in [5.41, 5.74) is 3.95. The number of likely N-dealkylation sites (tertiary alicyclic amines) is 1. The lowest BCUT2D eigenvalue weighted by molar-refractivity contribution is 0.0699. The number of imidazole rings is 1. The van der Waals surface area contributed by atoms with Crippen molar-refractivity contribution in [1.82, 2.24) is 19.9 Å². The molecule has 5 heteroatoms. The van der Waals surface area contributed by atoms with Gasteiger partial charge in [-0.3, -0.25) is 4.79 Å². The molecule has 1 amide bonds. The third-order valence-electron chi connectivity index (χ3n) is 4.66. The van der Waals surface area contributed by atoms with Gasteiger partial charge in [-0.25, -0.2) is 4.98 Å². The normalized spacial score (nSPS) is 18.5. The lowest BCUT2D eigenvalue weighted by atomic mass is 9.97. The van der Waals surface area contributed by atoms with Gasteiger partial charge in [0.1, 0.15) is 11.5 Å². The molecule has 3 aromatic rings. The van der Waals surface area contributed by atoms with Crippen LogP contribution in [0.3, 0.4) is 0 Å². The summed E-state index contributed by atoms with van der Waals surface area (Å²) in [6, 6.07) is 9.87. The number of carbonyl (C=O) groups is 1. The molecular weight excluding hydrogens is 288 g/mol. The van der Waals surface area contributed by atoms with Crippen LogP contribution in [-0.4, -0.2) is 38.8 Å². The van der Waals surface area contributed by atoms with E-state index >= 15 is 0 Å². The zero-order chi connectivity index (χ0) is 15.8. The van der Waals surface area contributed by atoms with Crippen molar-refractivity contribution in [3.63, 3.8) is 0 Å². The standard InChI is InChI=1S/C18H20N4O/c1-12-5-2-7-14-16(12)21-17(20-14)13-6-4-10-22(11-13)18(23)15-8-3-9-19-15/h2-3,5,7-9,13,19H,4,6,10-11H2,1H3,(H,20,21)/t13-/m0/s1. The predicted molar refractivity (Wildman–Crippen MR) is 89.5 cm³/mol. The van der Waals surface area contributed by atoms with Crippen molar-refractivity contribution in [3.8, 4) is 0 Å². The number of amides is 1. The van der Waals surface area contributed by atoms with Crippen LogP contribution in [0.4, 0.5) is 0 Å². The number of aryl methyl sites for hydroxylation is 1. The first-order chi connectivity index (χ1) is 11.2. The number of nitrogens with one attached hydrogen (secondary N) is 2. The molecule has 1 fully saturated rings. The Labute approximate surface area is 134 Å². The van der Waals surface area contributed by atoms with E-state index in [-0.39, 0.29) is 11.8 Å². The largest absolute Gasteiger partial charge is 0.357 e. The molecule has 3 heterocycles. The van der Waals surface area contributed by atoms with Crippen molar-refractivity contribution in [2.75, 3.05) is 13.1 Å². The van der Waals surface area contributed by atoms with Gasteiger partial charge in [-0.2, -0.15) is 0 Å². The van der Waals surface area contributed by atoms with E-state index in [0.29, 0.717) is 5.69 Å². The maximum Gasteiger partial charge on any atom is 0.270 e. The molecule has 1 aliphatic heterocycles. The zero-order valence-corrected chi connectivity index (χ0v) is 13.2. The predicted octanol–water partition coefficient (Wildman–Crippen LogP) is 3.22. The Kier molecular flexibility index (Phi) is 3.41. The third kappa shape index (κ3) is 2.52. The molecule has 1 aliphatic rings. The topological polar surface area (TPSA) is 64.8 Å². The average Bonchev–Trinajstić information content (AvgIpc) is 3.24. The number of para-hydroxylation sites is 1. The van der Waals surface area contributed by atoms with Crippen molar-refractivity contribution in [3.05, 3.63) is 53.6 Å². The Morgan fingerprint density at radius 3 is 3.00 bits per heavy atom. The van der Waals surface area contributed by atoms with Gasteiger partial charge in [0.2, 0.25) is 0 Å².